The minimum absolute atomic E-state index is 0.281. The van der Waals surface area contributed by atoms with Crippen LogP contribution in [0.2, 0.25) is 0 Å². The fourth-order valence-electron chi connectivity index (χ4n) is 2.05. The summed E-state index contributed by atoms with van der Waals surface area (Å²) in [6, 6.07) is 11.1. The Bertz CT molecular complexity index is 677. The highest BCUT2D eigenvalue weighted by atomic mass is 16.3. The van der Waals surface area contributed by atoms with Crippen molar-refractivity contribution in [2.75, 3.05) is 0 Å². The van der Waals surface area contributed by atoms with Gasteiger partial charge in [-0.15, -0.1) is 0 Å². The molecule has 0 aliphatic rings. The molecule has 2 heterocycles. The number of phenolic OH excluding ortho intramolecular Hbond substituents is 1. The first-order valence-corrected chi connectivity index (χ1v) is 6.02. The molecule has 94 valence electrons. The zero-order valence-corrected chi connectivity index (χ0v) is 10.3. The normalized spacial score (nSPS) is 10.5. The number of hydrogen-bond acceptors (Lipinski definition) is 3. The summed E-state index contributed by atoms with van der Waals surface area (Å²) in [4.78, 5) is 8.39. The number of nitrogens with zero attached hydrogens (tertiary/aromatic N) is 3. The summed E-state index contributed by atoms with van der Waals surface area (Å²) in [7, 11) is 0. The summed E-state index contributed by atoms with van der Waals surface area (Å²) in [5.41, 5.74) is 2.06. The number of benzene rings is 1. The molecule has 0 aliphatic heterocycles. The average Bonchev–Trinajstić information content (AvgIpc) is 2.88. The number of phenols is 1. The van der Waals surface area contributed by atoms with Gasteiger partial charge in [-0.25, -0.2) is 4.98 Å². The fourth-order valence-corrected chi connectivity index (χ4v) is 2.05. The average molecular weight is 251 g/mol. The van der Waals surface area contributed by atoms with Gasteiger partial charge in [-0.3, -0.25) is 4.98 Å². The Labute approximate surface area is 111 Å². The smallest absolute Gasteiger partial charge is 0.140 e. The van der Waals surface area contributed by atoms with Gasteiger partial charge >= 0.3 is 0 Å². The largest absolute Gasteiger partial charge is 0.508 e. The molecule has 0 radical (unpaired) electrons. The van der Waals surface area contributed by atoms with Crippen molar-refractivity contribution in [3.8, 4) is 17.1 Å². The summed E-state index contributed by atoms with van der Waals surface area (Å²) in [5.74, 6) is 1.17. The Hall–Kier alpha value is -2.62. The van der Waals surface area contributed by atoms with Crippen LogP contribution >= 0.6 is 0 Å². The molecule has 0 unspecified atom stereocenters. The lowest BCUT2D eigenvalue weighted by Crippen LogP contribution is -2.00. The number of aromatic hydroxyl groups is 1. The Morgan fingerprint density at radius 1 is 1.05 bits per heavy atom. The molecule has 19 heavy (non-hydrogen) atoms. The van der Waals surface area contributed by atoms with Gasteiger partial charge in [0.05, 0.1) is 0 Å². The molecule has 4 nitrogen and oxygen atoms in total. The van der Waals surface area contributed by atoms with Crippen LogP contribution in [0.4, 0.5) is 0 Å². The Kier molecular flexibility index (Phi) is 2.98. The lowest BCUT2D eigenvalue weighted by molar-refractivity contribution is 0.474. The van der Waals surface area contributed by atoms with E-state index in [1.807, 2.05) is 35.0 Å². The predicted octanol–water partition coefficient (Wildman–Crippen LogP) is 2.70. The Morgan fingerprint density at radius 2 is 1.89 bits per heavy atom. The molecule has 0 amide bonds. The van der Waals surface area contributed by atoms with Crippen molar-refractivity contribution >= 4 is 0 Å². The molecular formula is C15H13N3O. The van der Waals surface area contributed by atoms with Crippen molar-refractivity contribution in [2.24, 2.45) is 0 Å². The molecule has 0 saturated carbocycles. The van der Waals surface area contributed by atoms with Crippen LogP contribution in [0, 0.1) is 0 Å². The van der Waals surface area contributed by atoms with Crippen molar-refractivity contribution in [3.63, 3.8) is 0 Å². The van der Waals surface area contributed by atoms with E-state index in [9.17, 15) is 5.11 Å². The van der Waals surface area contributed by atoms with Crippen molar-refractivity contribution in [1.82, 2.24) is 14.5 Å². The molecular weight excluding hydrogens is 238 g/mol. The van der Waals surface area contributed by atoms with Crippen LogP contribution in [-0.2, 0) is 6.54 Å². The maximum atomic E-state index is 9.49. The predicted molar refractivity (Wildman–Crippen MR) is 72.7 cm³/mol. The minimum atomic E-state index is 0.281. The van der Waals surface area contributed by atoms with Crippen LogP contribution in [0.3, 0.4) is 0 Å². The summed E-state index contributed by atoms with van der Waals surface area (Å²) in [5, 5.41) is 9.49. The van der Waals surface area contributed by atoms with E-state index in [2.05, 4.69) is 9.97 Å². The van der Waals surface area contributed by atoms with Gasteiger partial charge in [0.25, 0.3) is 0 Å². The Balaban J connectivity index is 1.93. The lowest BCUT2D eigenvalue weighted by atomic mass is 10.2. The molecule has 1 aromatic carbocycles. The first kappa shape index (κ1) is 11.5. The number of hydrogen-bond donors (Lipinski definition) is 1. The summed E-state index contributed by atoms with van der Waals surface area (Å²) < 4.78 is 2.05. The van der Waals surface area contributed by atoms with E-state index in [4.69, 9.17) is 0 Å². The van der Waals surface area contributed by atoms with E-state index in [1.54, 1.807) is 30.7 Å². The van der Waals surface area contributed by atoms with Crippen molar-refractivity contribution in [2.45, 2.75) is 6.54 Å². The highest BCUT2D eigenvalue weighted by molar-refractivity contribution is 5.54. The lowest BCUT2D eigenvalue weighted by Gasteiger charge is -2.08. The summed E-state index contributed by atoms with van der Waals surface area (Å²) in [6.45, 7) is 0.673. The third-order valence-corrected chi connectivity index (χ3v) is 2.92. The van der Waals surface area contributed by atoms with Crippen LogP contribution in [0.1, 0.15) is 5.56 Å². The molecule has 2 aromatic heterocycles. The summed E-state index contributed by atoms with van der Waals surface area (Å²) >= 11 is 0. The maximum absolute atomic E-state index is 9.49. The highest BCUT2D eigenvalue weighted by Gasteiger charge is 2.06. The zero-order chi connectivity index (χ0) is 13.1. The molecule has 3 rings (SSSR count). The third kappa shape index (κ3) is 2.47. The topological polar surface area (TPSA) is 50.9 Å². The highest BCUT2D eigenvalue weighted by Crippen LogP contribution is 2.18. The SMILES string of the molecule is Oc1cccc(Cn2ccnc2-c2ccncc2)c1. The molecule has 4 heteroatoms. The number of imidazole rings is 1. The van der Waals surface area contributed by atoms with Gasteiger partial charge in [0.15, 0.2) is 0 Å². The molecule has 0 atom stereocenters. The van der Waals surface area contributed by atoms with Crippen LogP contribution in [0.15, 0.2) is 61.2 Å². The van der Waals surface area contributed by atoms with Gasteiger partial charge in [0.1, 0.15) is 11.6 Å². The zero-order valence-electron chi connectivity index (χ0n) is 10.3. The molecule has 0 bridgehead atoms. The van der Waals surface area contributed by atoms with Gasteiger partial charge in [-0.05, 0) is 29.8 Å². The van der Waals surface area contributed by atoms with E-state index in [0.717, 1.165) is 17.0 Å². The second-order valence-corrected chi connectivity index (χ2v) is 4.28. The maximum Gasteiger partial charge on any atom is 0.140 e. The van der Waals surface area contributed by atoms with Gasteiger partial charge < -0.3 is 9.67 Å². The second-order valence-electron chi connectivity index (χ2n) is 4.28. The van der Waals surface area contributed by atoms with Crippen LogP contribution in [0.5, 0.6) is 5.75 Å². The van der Waals surface area contributed by atoms with Crippen molar-refractivity contribution in [1.29, 1.82) is 0 Å². The van der Waals surface area contributed by atoms with Crippen LogP contribution in [-0.4, -0.2) is 19.6 Å². The first-order valence-electron chi connectivity index (χ1n) is 6.02. The third-order valence-electron chi connectivity index (χ3n) is 2.92. The van der Waals surface area contributed by atoms with E-state index in [0.29, 0.717) is 6.54 Å². The van der Waals surface area contributed by atoms with Crippen LogP contribution in [0.25, 0.3) is 11.4 Å². The molecule has 0 spiro atoms. The summed E-state index contributed by atoms with van der Waals surface area (Å²) in [6.07, 6.45) is 7.21. The van der Waals surface area contributed by atoms with E-state index >= 15 is 0 Å². The molecule has 0 fully saturated rings. The standard InChI is InChI=1S/C15H13N3O/c19-14-3-1-2-12(10-14)11-18-9-8-17-15(18)13-4-6-16-7-5-13/h1-10,19H,11H2. The van der Waals surface area contributed by atoms with E-state index < -0.39 is 0 Å². The van der Waals surface area contributed by atoms with Crippen molar-refractivity contribution < 1.29 is 5.11 Å². The molecule has 3 aromatic rings. The van der Waals surface area contributed by atoms with E-state index in [1.165, 1.54) is 0 Å². The number of rotatable bonds is 3. The molecule has 0 aliphatic carbocycles. The van der Waals surface area contributed by atoms with Crippen LogP contribution < -0.4 is 0 Å². The van der Waals surface area contributed by atoms with Gasteiger partial charge in [-0.1, -0.05) is 12.1 Å². The van der Waals surface area contributed by atoms with Gasteiger partial charge in [0, 0.05) is 36.9 Å². The monoisotopic (exact) mass is 251 g/mol. The Morgan fingerprint density at radius 3 is 2.68 bits per heavy atom. The number of pyridine rings is 1. The second kappa shape index (κ2) is 4.94. The van der Waals surface area contributed by atoms with E-state index in [-0.39, 0.29) is 5.75 Å². The minimum Gasteiger partial charge on any atom is -0.508 e. The van der Waals surface area contributed by atoms with Gasteiger partial charge in [-0.2, -0.15) is 0 Å². The molecule has 0 saturated heterocycles. The first-order chi connectivity index (χ1) is 9.33. The van der Waals surface area contributed by atoms with Crippen molar-refractivity contribution in [3.05, 3.63) is 66.7 Å². The fraction of sp³-hybridized carbons (Fsp3) is 0.0667. The number of aromatic nitrogens is 3. The quantitative estimate of drug-likeness (QED) is 0.778. The van der Waals surface area contributed by atoms with Gasteiger partial charge in [0.2, 0.25) is 0 Å². The molecule has 1 N–H and O–H groups in total.